The summed E-state index contributed by atoms with van der Waals surface area (Å²) in [5.74, 6) is -0.0716. The molecule has 1 amide bonds. The molecule has 0 spiro atoms. The zero-order valence-corrected chi connectivity index (χ0v) is 20.9. The largest absolute Gasteiger partial charge is 0.383 e. The molecule has 0 bridgehead atoms. The van der Waals surface area contributed by atoms with Crippen LogP contribution in [0.25, 0.3) is 27.8 Å². The van der Waals surface area contributed by atoms with Crippen LogP contribution in [0.3, 0.4) is 0 Å². The van der Waals surface area contributed by atoms with E-state index in [1.165, 1.54) is 6.33 Å². The van der Waals surface area contributed by atoms with Crippen LogP contribution in [0.15, 0.2) is 71.9 Å². The first kappa shape index (κ1) is 23.4. The zero-order chi connectivity index (χ0) is 26.5. The van der Waals surface area contributed by atoms with Gasteiger partial charge in [-0.1, -0.05) is 30.3 Å². The first-order valence-corrected chi connectivity index (χ1v) is 12.7. The highest BCUT2D eigenvalue weighted by Crippen LogP contribution is 2.36. The number of nitrogens with two attached hydrogens (primary N) is 1. The molecule has 2 aliphatic heterocycles. The van der Waals surface area contributed by atoms with Crippen LogP contribution >= 0.6 is 0 Å². The highest BCUT2D eigenvalue weighted by molar-refractivity contribution is 6.05. The van der Waals surface area contributed by atoms with E-state index in [1.54, 1.807) is 16.8 Å². The summed E-state index contributed by atoms with van der Waals surface area (Å²) in [5.41, 5.74) is 10.3. The molecule has 2 aliphatic rings. The summed E-state index contributed by atoms with van der Waals surface area (Å²) >= 11 is 0. The van der Waals surface area contributed by atoms with Gasteiger partial charge in [-0.05, 0) is 29.8 Å². The van der Waals surface area contributed by atoms with E-state index in [0.29, 0.717) is 49.3 Å². The van der Waals surface area contributed by atoms with E-state index in [1.807, 2.05) is 53.3 Å². The maximum atomic E-state index is 13.5. The number of nitrogens with one attached hydrogen (secondary N) is 1. The Hall–Kier alpha value is -4.74. The first-order chi connectivity index (χ1) is 19.1. The Balaban J connectivity index is 1.21. The van der Waals surface area contributed by atoms with Crippen LogP contribution in [0.2, 0.25) is 0 Å². The van der Waals surface area contributed by atoms with Gasteiger partial charge >= 0.3 is 0 Å². The fraction of sp³-hybridized carbons (Fsp3) is 0.214. The molecule has 1 fully saturated rings. The first-order valence-electron chi connectivity index (χ1n) is 12.7. The molecule has 5 heterocycles. The standard InChI is InChI=1S/C28H25N7O4/c29-25-23-21(12-33(20-13-39-14-20)26(23)31-16-30-25)17-6-8-18(9-7-17)32-27(36)24-22-15-38-11-10-34(22)35(28(24)37)19-4-2-1-3-5-19/h1-9,12,16,20H,10-11,13-15H2,(H,32,36)(H2,29,30,31). The monoisotopic (exact) mass is 523 g/mol. The van der Waals surface area contributed by atoms with Crippen molar-refractivity contribution in [2.75, 3.05) is 30.9 Å². The van der Waals surface area contributed by atoms with E-state index < -0.39 is 5.91 Å². The second-order valence-electron chi connectivity index (χ2n) is 9.58. The predicted molar refractivity (Wildman–Crippen MR) is 145 cm³/mol. The summed E-state index contributed by atoms with van der Waals surface area (Å²) in [4.78, 5) is 35.5. The Morgan fingerprint density at radius 3 is 2.56 bits per heavy atom. The molecule has 0 radical (unpaired) electrons. The molecule has 2 aromatic carbocycles. The highest BCUT2D eigenvalue weighted by atomic mass is 16.5. The molecule has 1 saturated heterocycles. The molecule has 196 valence electrons. The van der Waals surface area contributed by atoms with E-state index in [2.05, 4.69) is 19.9 Å². The third kappa shape index (κ3) is 3.82. The Morgan fingerprint density at radius 1 is 1.03 bits per heavy atom. The number of nitrogen functional groups attached to an aromatic ring is 1. The van der Waals surface area contributed by atoms with Gasteiger partial charge < -0.3 is 25.1 Å². The molecule has 0 aliphatic carbocycles. The van der Waals surface area contributed by atoms with E-state index >= 15 is 0 Å². The third-order valence-corrected chi connectivity index (χ3v) is 7.27. The summed E-state index contributed by atoms with van der Waals surface area (Å²) in [6, 6.07) is 16.9. The topological polar surface area (TPSA) is 131 Å². The van der Waals surface area contributed by atoms with Gasteiger partial charge in [0.1, 0.15) is 23.4 Å². The number of anilines is 2. The number of hydrogen-bond acceptors (Lipinski definition) is 7. The van der Waals surface area contributed by atoms with Gasteiger partial charge in [-0.15, -0.1) is 0 Å². The number of carbonyl (C=O) groups is 1. The molecule has 7 rings (SSSR count). The second kappa shape index (κ2) is 9.22. The fourth-order valence-electron chi connectivity index (χ4n) is 5.26. The van der Waals surface area contributed by atoms with E-state index in [-0.39, 0.29) is 23.8 Å². The Kier molecular flexibility index (Phi) is 5.53. The number of amides is 1. The maximum Gasteiger partial charge on any atom is 0.284 e. The van der Waals surface area contributed by atoms with Crippen LogP contribution < -0.4 is 16.6 Å². The molecule has 3 N–H and O–H groups in total. The minimum absolute atomic E-state index is 0.0818. The molecule has 0 saturated carbocycles. The van der Waals surface area contributed by atoms with Crippen LogP contribution in [0.5, 0.6) is 0 Å². The van der Waals surface area contributed by atoms with Crippen molar-refractivity contribution in [1.82, 2.24) is 23.9 Å². The number of nitrogens with zero attached hydrogens (tertiary/aromatic N) is 5. The molecule has 11 heteroatoms. The predicted octanol–water partition coefficient (Wildman–Crippen LogP) is 2.99. The van der Waals surface area contributed by atoms with Crippen LogP contribution in [-0.4, -0.2) is 49.6 Å². The lowest BCUT2D eigenvalue weighted by Crippen LogP contribution is -2.30. The van der Waals surface area contributed by atoms with Crippen molar-refractivity contribution in [3.8, 4) is 16.8 Å². The summed E-state index contributed by atoms with van der Waals surface area (Å²) in [6.07, 6.45) is 3.49. The molecule has 0 unspecified atom stereocenters. The quantitative estimate of drug-likeness (QED) is 0.362. The zero-order valence-electron chi connectivity index (χ0n) is 20.9. The minimum Gasteiger partial charge on any atom is -0.383 e. The van der Waals surface area contributed by atoms with Crippen LogP contribution in [0, 0.1) is 0 Å². The average Bonchev–Trinajstić information content (AvgIpc) is 3.44. The molecule has 3 aromatic heterocycles. The fourth-order valence-corrected chi connectivity index (χ4v) is 5.26. The van der Waals surface area contributed by atoms with Crippen molar-refractivity contribution >= 4 is 28.4 Å². The average molecular weight is 524 g/mol. The lowest BCUT2D eigenvalue weighted by Gasteiger charge is -2.27. The molecule has 39 heavy (non-hydrogen) atoms. The van der Waals surface area contributed by atoms with Gasteiger partial charge in [-0.2, -0.15) is 0 Å². The second-order valence-corrected chi connectivity index (χ2v) is 9.58. The van der Waals surface area contributed by atoms with Crippen molar-refractivity contribution in [2.24, 2.45) is 0 Å². The number of para-hydroxylation sites is 1. The van der Waals surface area contributed by atoms with Crippen LogP contribution in [-0.2, 0) is 22.6 Å². The SMILES string of the molecule is Nc1ncnc2c1c(-c1ccc(NC(=O)c3c4n(n(-c5ccccc5)c3=O)CCOC4)cc1)cn2C1COC1. The van der Waals surface area contributed by atoms with Gasteiger partial charge in [0.15, 0.2) is 0 Å². The maximum absolute atomic E-state index is 13.5. The smallest absolute Gasteiger partial charge is 0.284 e. The number of fused-ring (bicyclic) bond motifs is 2. The molecule has 11 nitrogen and oxygen atoms in total. The van der Waals surface area contributed by atoms with Crippen molar-refractivity contribution in [3.63, 3.8) is 0 Å². The van der Waals surface area contributed by atoms with Crippen molar-refractivity contribution in [1.29, 1.82) is 0 Å². The van der Waals surface area contributed by atoms with Gasteiger partial charge in [0.05, 0.1) is 55.8 Å². The van der Waals surface area contributed by atoms with Gasteiger partial charge in [-0.25, -0.2) is 14.6 Å². The Morgan fingerprint density at radius 2 is 1.82 bits per heavy atom. The lowest BCUT2D eigenvalue weighted by atomic mass is 10.1. The minimum atomic E-state index is -0.476. The van der Waals surface area contributed by atoms with Crippen LogP contribution in [0.1, 0.15) is 22.1 Å². The summed E-state index contributed by atoms with van der Waals surface area (Å²) in [7, 11) is 0. The van der Waals surface area contributed by atoms with Crippen molar-refractivity contribution in [2.45, 2.75) is 19.2 Å². The van der Waals surface area contributed by atoms with Gasteiger partial charge in [0.2, 0.25) is 0 Å². The number of benzene rings is 2. The molecular weight excluding hydrogens is 498 g/mol. The Bertz CT molecular complexity index is 1770. The summed E-state index contributed by atoms with van der Waals surface area (Å²) in [6.45, 7) is 2.39. The summed E-state index contributed by atoms with van der Waals surface area (Å²) in [5, 5.41) is 3.67. The lowest BCUT2D eigenvalue weighted by molar-refractivity contribution is -0.0215. The van der Waals surface area contributed by atoms with Crippen molar-refractivity contribution in [3.05, 3.63) is 88.7 Å². The normalized spacial score (nSPS) is 15.2. The van der Waals surface area contributed by atoms with Gasteiger partial charge in [0.25, 0.3) is 11.5 Å². The van der Waals surface area contributed by atoms with E-state index in [9.17, 15) is 9.59 Å². The Labute approximate surface area is 222 Å². The summed E-state index contributed by atoms with van der Waals surface area (Å²) < 4.78 is 16.4. The van der Waals surface area contributed by atoms with Crippen molar-refractivity contribution < 1.29 is 14.3 Å². The highest BCUT2D eigenvalue weighted by Gasteiger charge is 2.29. The number of ether oxygens (including phenoxy) is 2. The van der Waals surface area contributed by atoms with Gasteiger partial charge in [-0.3, -0.25) is 14.3 Å². The third-order valence-electron chi connectivity index (χ3n) is 7.27. The number of aromatic nitrogens is 5. The van der Waals surface area contributed by atoms with Gasteiger partial charge in [0, 0.05) is 17.4 Å². The molecule has 0 atom stereocenters. The number of rotatable bonds is 5. The molecular formula is C28H25N7O4. The van der Waals surface area contributed by atoms with E-state index in [4.69, 9.17) is 15.2 Å². The number of hydrogen-bond donors (Lipinski definition) is 2. The molecule has 5 aromatic rings. The number of carbonyl (C=O) groups excluding carboxylic acids is 1. The van der Waals surface area contributed by atoms with Crippen LogP contribution in [0.4, 0.5) is 11.5 Å². The van der Waals surface area contributed by atoms with E-state index in [0.717, 1.165) is 22.2 Å².